The summed E-state index contributed by atoms with van der Waals surface area (Å²) in [6.45, 7) is 10.9. The van der Waals surface area contributed by atoms with E-state index in [0.717, 1.165) is 42.6 Å². The Morgan fingerprint density at radius 3 is 2.65 bits per heavy atom. The van der Waals surface area contributed by atoms with Crippen molar-refractivity contribution in [1.29, 1.82) is 0 Å². The molecule has 2 N–H and O–H groups in total. The molecule has 1 fully saturated rings. The highest BCUT2D eigenvalue weighted by Gasteiger charge is 2.21. The zero-order valence-corrected chi connectivity index (χ0v) is 17.1. The van der Waals surface area contributed by atoms with Gasteiger partial charge in [-0.3, -0.25) is 0 Å². The summed E-state index contributed by atoms with van der Waals surface area (Å²) in [4.78, 5) is 14.3. The lowest BCUT2D eigenvalue weighted by Crippen LogP contribution is -2.40. The van der Waals surface area contributed by atoms with Gasteiger partial charge in [0, 0.05) is 25.3 Å². The van der Waals surface area contributed by atoms with E-state index in [1.165, 1.54) is 26.6 Å². The number of nitrogens with zero attached hydrogens (tertiary/aromatic N) is 1. The summed E-state index contributed by atoms with van der Waals surface area (Å²) in [6, 6.07) is 5.48. The Bertz CT molecular complexity index is 625. The molecule has 6 heteroatoms. The first kappa shape index (κ1) is 20.6. The number of thiocarbonyl (C=S) groups is 1. The van der Waals surface area contributed by atoms with Gasteiger partial charge < -0.3 is 20.3 Å². The van der Waals surface area contributed by atoms with Crippen molar-refractivity contribution < 1.29 is 9.53 Å². The van der Waals surface area contributed by atoms with Crippen molar-refractivity contribution in [2.24, 2.45) is 11.8 Å². The van der Waals surface area contributed by atoms with Crippen LogP contribution in [0.3, 0.4) is 0 Å². The third kappa shape index (κ3) is 5.95. The molecule has 1 aromatic carbocycles. The predicted molar refractivity (Wildman–Crippen MR) is 111 cm³/mol. The Balaban J connectivity index is 1.76. The van der Waals surface area contributed by atoms with Crippen molar-refractivity contribution in [1.82, 2.24) is 10.2 Å². The first-order valence-electron chi connectivity index (χ1n) is 9.35. The van der Waals surface area contributed by atoms with E-state index in [2.05, 4.69) is 29.4 Å². The fourth-order valence-corrected chi connectivity index (χ4v) is 3.96. The van der Waals surface area contributed by atoms with Crippen LogP contribution < -0.4 is 10.6 Å². The van der Waals surface area contributed by atoms with E-state index in [4.69, 9.17) is 17.0 Å². The minimum absolute atomic E-state index is 0.338. The summed E-state index contributed by atoms with van der Waals surface area (Å²) in [5.74, 6) is 1.24. The number of anilines is 1. The molecule has 0 aromatic heterocycles. The molecule has 2 atom stereocenters. The maximum absolute atomic E-state index is 11.8. The van der Waals surface area contributed by atoms with Crippen LogP contribution in [0.4, 0.5) is 5.69 Å². The molecule has 1 heterocycles. The van der Waals surface area contributed by atoms with Crippen molar-refractivity contribution in [3.63, 3.8) is 0 Å². The second kappa shape index (κ2) is 9.88. The number of carbonyl (C=O) groups is 1. The summed E-state index contributed by atoms with van der Waals surface area (Å²) in [5, 5.41) is 7.02. The molecule has 2 rings (SSSR count). The maximum Gasteiger partial charge on any atom is 0.338 e. The summed E-state index contributed by atoms with van der Waals surface area (Å²) < 4.78 is 4.81. The Labute approximate surface area is 162 Å². The highest BCUT2D eigenvalue weighted by atomic mass is 32.1. The lowest BCUT2D eigenvalue weighted by Gasteiger charge is -2.35. The van der Waals surface area contributed by atoms with Crippen LogP contribution in [0.1, 0.15) is 42.6 Å². The fraction of sp³-hybridized carbons (Fsp3) is 0.600. The second-order valence-corrected chi connectivity index (χ2v) is 7.82. The van der Waals surface area contributed by atoms with Gasteiger partial charge in [-0.05, 0) is 68.1 Å². The van der Waals surface area contributed by atoms with Crippen LogP contribution in [0.2, 0.25) is 0 Å². The maximum atomic E-state index is 11.8. The molecule has 144 valence electrons. The minimum atomic E-state index is -0.338. The number of hydrogen-bond acceptors (Lipinski definition) is 4. The van der Waals surface area contributed by atoms with E-state index >= 15 is 0 Å². The normalized spacial score (nSPS) is 20.5. The summed E-state index contributed by atoms with van der Waals surface area (Å²) in [5.41, 5.74) is 2.21. The standard InChI is InChI=1S/C20H31N3O2S/c1-14-11-15(2)13-23(12-14)10-6-9-21-20(26)22-18-8-5-7-17(16(18)3)19(24)25-4/h5,7-8,14-15H,6,9-13H2,1-4H3,(H2,21,22,26)/t14-,15-/m1/s1. The summed E-state index contributed by atoms with van der Waals surface area (Å²) in [6.07, 6.45) is 2.40. The molecule has 0 saturated carbocycles. The molecule has 0 aliphatic carbocycles. The lowest BCUT2D eigenvalue weighted by atomic mass is 9.92. The third-order valence-corrected chi connectivity index (χ3v) is 5.11. The number of rotatable bonds is 6. The molecule has 1 aliphatic rings. The van der Waals surface area contributed by atoms with Gasteiger partial charge in [0.1, 0.15) is 0 Å². The van der Waals surface area contributed by atoms with Gasteiger partial charge >= 0.3 is 5.97 Å². The Morgan fingerprint density at radius 1 is 1.31 bits per heavy atom. The lowest BCUT2D eigenvalue weighted by molar-refractivity contribution is 0.0600. The monoisotopic (exact) mass is 377 g/mol. The number of piperidine rings is 1. The van der Waals surface area contributed by atoms with Crippen molar-refractivity contribution in [2.45, 2.75) is 33.6 Å². The van der Waals surface area contributed by atoms with E-state index < -0.39 is 0 Å². The van der Waals surface area contributed by atoms with Crippen LogP contribution in [0.15, 0.2) is 18.2 Å². The molecule has 1 aromatic rings. The van der Waals surface area contributed by atoms with Gasteiger partial charge in [-0.1, -0.05) is 19.9 Å². The quantitative estimate of drug-likeness (QED) is 0.450. The van der Waals surface area contributed by atoms with Crippen molar-refractivity contribution in [3.05, 3.63) is 29.3 Å². The van der Waals surface area contributed by atoms with Crippen LogP contribution in [-0.4, -0.2) is 49.3 Å². The zero-order valence-electron chi connectivity index (χ0n) is 16.3. The van der Waals surface area contributed by atoms with E-state index in [0.29, 0.717) is 10.7 Å². The number of benzene rings is 1. The molecule has 0 unspecified atom stereocenters. The number of carbonyl (C=O) groups excluding carboxylic acids is 1. The average molecular weight is 378 g/mol. The molecule has 0 bridgehead atoms. The highest BCUT2D eigenvalue weighted by Crippen LogP contribution is 2.21. The molecule has 0 radical (unpaired) electrons. The SMILES string of the molecule is COC(=O)c1cccc(NC(=S)NCCCN2C[C@H](C)C[C@@H](C)C2)c1C. The van der Waals surface area contributed by atoms with Crippen LogP contribution in [0, 0.1) is 18.8 Å². The largest absolute Gasteiger partial charge is 0.465 e. The molecular weight excluding hydrogens is 346 g/mol. The second-order valence-electron chi connectivity index (χ2n) is 7.41. The summed E-state index contributed by atoms with van der Waals surface area (Å²) >= 11 is 5.39. The Kier molecular flexibility index (Phi) is 7.85. The first-order chi connectivity index (χ1) is 12.4. The first-order valence-corrected chi connectivity index (χ1v) is 9.76. The molecule has 1 aliphatic heterocycles. The molecular formula is C20H31N3O2S. The van der Waals surface area contributed by atoms with E-state index in [9.17, 15) is 4.79 Å². The fourth-order valence-electron chi connectivity index (χ4n) is 3.75. The number of ether oxygens (including phenoxy) is 1. The van der Waals surface area contributed by atoms with Gasteiger partial charge in [0.05, 0.1) is 12.7 Å². The average Bonchev–Trinajstić information content (AvgIpc) is 2.59. The molecule has 1 saturated heterocycles. The molecule has 26 heavy (non-hydrogen) atoms. The molecule has 0 amide bonds. The number of esters is 1. The number of methoxy groups -OCH3 is 1. The van der Waals surface area contributed by atoms with Gasteiger partial charge in [0.15, 0.2) is 5.11 Å². The minimum Gasteiger partial charge on any atom is -0.465 e. The van der Waals surface area contributed by atoms with Crippen LogP contribution in [0.5, 0.6) is 0 Å². The van der Waals surface area contributed by atoms with Crippen LogP contribution in [-0.2, 0) is 4.74 Å². The number of hydrogen-bond donors (Lipinski definition) is 2. The third-order valence-electron chi connectivity index (χ3n) is 4.87. The Morgan fingerprint density at radius 2 is 2.00 bits per heavy atom. The van der Waals surface area contributed by atoms with Gasteiger partial charge in [0.2, 0.25) is 0 Å². The van der Waals surface area contributed by atoms with E-state index in [-0.39, 0.29) is 5.97 Å². The zero-order chi connectivity index (χ0) is 19.1. The van der Waals surface area contributed by atoms with Gasteiger partial charge in [0.25, 0.3) is 0 Å². The van der Waals surface area contributed by atoms with Gasteiger partial charge in [-0.2, -0.15) is 0 Å². The van der Waals surface area contributed by atoms with Crippen molar-refractivity contribution in [2.75, 3.05) is 38.6 Å². The van der Waals surface area contributed by atoms with Crippen molar-refractivity contribution >= 4 is 29.0 Å². The van der Waals surface area contributed by atoms with Crippen molar-refractivity contribution in [3.8, 4) is 0 Å². The molecule has 5 nitrogen and oxygen atoms in total. The van der Waals surface area contributed by atoms with Crippen LogP contribution in [0.25, 0.3) is 0 Å². The topological polar surface area (TPSA) is 53.6 Å². The van der Waals surface area contributed by atoms with E-state index in [1.807, 2.05) is 19.1 Å². The Hall–Kier alpha value is -1.66. The van der Waals surface area contributed by atoms with Gasteiger partial charge in [-0.15, -0.1) is 0 Å². The van der Waals surface area contributed by atoms with Gasteiger partial charge in [-0.25, -0.2) is 4.79 Å². The smallest absolute Gasteiger partial charge is 0.338 e. The summed E-state index contributed by atoms with van der Waals surface area (Å²) in [7, 11) is 1.39. The van der Waals surface area contributed by atoms with E-state index in [1.54, 1.807) is 6.07 Å². The number of nitrogens with one attached hydrogen (secondary N) is 2. The molecule has 0 spiro atoms. The predicted octanol–water partition coefficient (Wildman–Crippen LogP) is 3.44. The van der Waals surface area contributed by atoms with Crippen LogP contribution >= 0.6 is 12.2 Å². The highest BCUT2D eigenvalue weighted by molar-refractivity contribution is 7.80. The number of likely N-dealkylation sites (tertiary alicyclic amines) is 1.